The van der Waals surface area contributed by atoms with E-state index in [-0.39, 0.29) is 51.9 Å². The van der Waals surface area contributed by atoms with Gasteiger partial charge < -0.3 is 19.9 Å². The summed E-state index contributed by atoms with van der Waals surface area (Å²) in [6, 6.07) is 7.76. The van der Waals surface area contributed by atoms with E-state index in [1.165, 1.54) is 12.1 Å². The second-order valence-electron chi connectivity index (χ2n) is 5.81. The lowest BCUT2D eigenvalue weighted by Crippen LogP contribution is -2.24. The van der Waals surface area contributed by atoms with Crippen LogP contribution in [0.4, 0.5) is 5.69 Å². The van der Waals surface area contributed by atoms with Crippen LogP contribution in [-0.2, 0) is 4.79 Å². The molecule has 0 spiro atoms. The van der Waals surface area contributed by atoms with Crippen LogP contribution in [0.1, 0.15) is 45.7 Å². The Labute approximate surface area is 155 Å². The molecule has 1 amide bonds. The van der Waals surface area contributed by atoms with Crippen LogP contribution < -0.4 is 14.8 Å². The second kappa shape index (κ2) is 7.59. The summed E-state index contributed by atoms with van der Waals surface area (Å²) in [4.78, 5) is 37.8. The van der Waals surface area contributed by atoms with E-state index < -0.39 is 12.5 Å². The van der Waals surface area contributed by atoms with E-state index in [4.69, 9.17) is 14.6 Å². The maximum Gasteiger partial charge on any atom is 0.250 e. The monoisotopic (exact) mass is 369 g/mol. The number of hydrogen-bond donors (Lipinski definition) is 2. The minimum Gasteiger partial charge on any atom is -0.493 e. The normalized spacial score (nSPS) is 12.3. The second-order valence-corrected chi connectivity index (χ2v) is 5.81. The molecule has 1 aliphatic rings. The topological polar surface area (TPSA) is 102 Å². The molecule has 2 N–H and O–H groups in total. The molecular formula is C20H19NO6. The summed E-state index contributed by atoms with van der Waals surface area (Å²) in [5.74, 6) is -0.821. The van der Waals surface area contributed by atoms with Crippen LogP contribution in [0.25, 0.3) is 0 Å². The van der Waals surface area contributed by atoms with E-state index >= 15 is 0 Å². The SMILES string of the molecule is CCOc1cccc2c1C(=O)c1c(OCC)cc(NC(=O)CO)cc1C2=O. The van der Waals surface area contributed by atoms with Gasteiger partial charge in [0.1, 0.15) is 18.1 Å². The Kier molecular flexibility index (Phi) is 5.23. The van der Waals surface area contributed by atoms with Gasteiger partial charge in [-0.05, 0) is 26.0 Å². The lowest BCUT2D eigenvalue weighted by molar-refractivity contribution is -0.118. The van der Waals surface area contributed by atoms with Crippen molar-refractivity contribution < 1.29 is 29.0 Å². The quantitative estimate of drug-likeness (QED) is 0.691. The highest BCUT2D eigenvalue weighted by Gasteiger charge is 2.35. The molecule has 0 fully saturated rings. The molecule has 0 aliphatic heterocycles. The van der Waals surface area contributed by atoms with Crippen LogP contribution in [0.5, 0.6) is 11.5 Å². The number of amides is 1. The Morgan fingerprint density at radius 1 is 0.963 bits per heavy atom. The third kappa shape index (κ3) is 3.29. The number of aliphatic hydroxyl groups is 1. The van der Waals surface area contributed by atoms with Gasteiger partial charge in [0, 0.05) is 22.9 Å². The first-order valence-corrected chi connectivity index (χ1v) is 8.58. The average molecular weight is 369 g/mol. The zero-order valence-corrected chi connectivity index (χ0v) is 15.0. The molecule has 7 heteroatoms. The molecule has 0 bridgehead atoms. The van der Waals surface area contributed by atoms with Gasteiger partial charge in [-0.25, -0.2) is 0 Å². The van der Waals surface area contributed by atoms with Crippen LogP contribution in [0, 0.1) is 0 Å². The number of nitrogens with one attached hydrogen (secondary N) is 1. The third-order valence-corrected chi connectivity index (χ3v) is 4.10. The molecule has 0 radical (unpaired) electrons. The van der Waals surface area contributed by atoms with Gasteiger partial charge in [-0.2, -0.15) is 0 Å². The standard InChI is InChI=1S/C20H19NO6/c1-3-26-14-7-5-6-12-17(14)20(25)18-13(19(12)24)8-11(21-16(23)10-22)9-15(18)27-4-2/h5-9,22H,3-4,10H2,1-2H3,(H,21,23). The smallest absolute Gasteiger partial charge is 0.250 e. The van der Waals surface area contributed by atoms with Crippen molar-refractivity contribution in [3.05, 3.63) is 52.6 Å². The Morgan fingerprint density at radius 3 is 2.30 bits per heavy atom. The Bertz CT molecular complexity index is 934. The van der Waals surface area contributed by atoms with E-state index in [9.17, 15) is 14.4 Å². The van der Waals surface area contributed by atoms with Crippen molar-refractivity contribution in [1.82, 2.24) is 0 Å². The Hall–Kier alpha value is -3.19. The van der Waals surface area contributed by atoms with Gasteiger partial charge in [0.2, 0.25) is 11.7 Å². The van der Waals surface area contributed by atoms with Gasteiger partial charge in [0.15, 0.2) is 5.78 Å². The molecule has 0 aromatic heterocycles. The van der Waals surface area contributed by atoms with Crippen LogP contribution in [0.15, 0.2) is 30.3 Å². The van der Waals surface area contributed by atoms with Gasteiger partial charge >= 0.3 is 0 Å². The molecule has 0 unspecified atom stereocenters. The lowest BCUT2D eigenvalue weighted by Gasteiger charge is -2.23. The van der Waals surface area contributed by atoms with Crippen LogP contribution >= 0.6 is 0 Å². The van der Waals surface area contributed by atoms with E-state index in [0.29, 0.717) is 12.4 Å². The number of ether oxygens (including phenoxy) is 2. The number of fused-ring (bicyclic) bond motifs is 2. The summed E-state index contributed by atoms with van der Waals surface area (Å²) in [6.07, 6.45) is 0. The number of carbonyl (C=O) groups is 3. The average Bonchev–Trinajstić information content (AvgIpc) is 2.66. The molecule has 27 heavy (non-hydrogen) atoms. The number of hydrogen-bond acceptors (Lipinski definition) is 6. The number of aliphatic hydroxyl groups excluding tert-OH is 1. The van der Waals surface area contributed by atoms with Crippen molar-refractivity contribution in [3.63, 3.8) is 0 Å². The number of benzene rings is 2. The molecule has 2 aromatic carbocycles. The van der Waals surface area contributed by atoms with Crippen molar-refractivity contribution in [2.24, 2.45) is 0 Å². The van der Waals surface area contributed by atoms with Crippen molar-refractivity contribution in [2.45, 2.75) is 13.8 Å². The van der Waals surface area contributed by atoms with Gasteiger partial charge in [-0.1, -0.05) is 12.1 Å². The fourth-order valence-corrected chi connectivity index (χ4v) is 3.07. The molecule has 2 aromatic rings. The van der Waals surface area contributed by atoms with Crippen LogP contribution in [0.2, 0.25) is 0 Å². The third-order valence-electron chi connectivity index (χ3n) is 4.10. The molecule has 1 aliphatic carbocycles. The molecule has 3 rings (SSSR count). The van der Waals surface area contributed by atoms with Crippen molar-refractivity contribution in [2.75, 3.05) is 25.1 Å². The summed E-state index contributed by atoms with van der Waals surface area (Å²) < 4.78 is 11.1. The minimum atomic E-state index is -0.700. The number of rotatable bonds is 6. The van der Waals surface area contributed by atoms with Gasteiger partial charge in [0.25, 0.3) is 0 Å². The fraction of sp³-hybridized carbons (Fsp3) is 0.250. The van der Waals surface area contributed by atoms with Crippen LogP contribution in [-0.4, -0.2) is 42.4 Å². The first-order valence-electron chi connectivity index (χ1n) is 8.58. The van der Waals surface area contributed by atoms with Crippen molar-refractivity contribution >= 4 is 23.2 Å². The molecule has 0 saturated heterocycles. The van der Waals surface area contributed by atoms with E-state index in [1.54, 1.807) is 32.0 Å². The van der Waals surface area contributed by atoms with E-state index in [1.807, 2.05) is 0 Å². The predicted octanol–water partition coefficient (Wildman–Crippen LogP) is 2.19. The van der Waals surface area contributed by atoms with Gasteiger partial charge in [0.05, 0.1) is 24.3 Å². The zero-order valence-electron chi connectivity index (χ0n) is 15.0. The minimum absolute atomic E-state index is 0.139. The summed E-state index contributed by atoms with van der Waals surface area (Å²) in [5.41, 5.74) is 1.00. The molecule has 0 saturated carbocycles. The predicted molar refractivity (Wildman–Crippen MR) is 97.8 cm³/mol. The highest BCUT2D eigenvalue weighted by Crippen LogP contribution is 2.39. The van der Waals surface area contributed by atoms with Gasteiger partial charge in [-0.3, -0.25) is 14.4 Å². The fourth-order valence-electron chi connectivity index (χ4n) is 3.07. The van der Waals surface area contributed by atoms with Gasteiger partial charge in [-0.15, -0.1) is 0 Å². The molecule has 0 atom stereocenters. The number of anilines is 1. The maximum atomic E-state index is 13.2. The summed E-state index contributed by atoms with van der Waals surface area (Å²) in [6.45, 7) is 3.47. The first kappa shape index (κ1) is 18.6. The zero-order chi connectivity index (χ0) is 19.6. The van der Waals surface area contributed by atoms with Crippen molar-refractivity contribution in [3.8, 4) is 11.5 Å². The molecule has 140 valence electrons. The summed E-state index contributed by atoms with van der Waals surface area (Å²) >= 11 is 0. The van der Waals surface area contributed by atoms with E-state index in [2.05, 4.69) is 5.32 Å². The van der Waals surface area contributed by atoms with Crippen molar-refractivity contribution in [1.29, 1.82) is 0 Å². The highest BCUT2D eigenvalue weighted by atomic mass is 16.5. The van der Waals surface area contributed by atoms with E-state index in [0.717, 1.165) is 0 Å². The van der Waals surface area contributed by atoms with Crippen LogP contribution in [0.3, 0.4) is 0 Å². The number of ketones is 2. The lowest BCUT2D eigenvalue weighted by atomic mass is 9.82. The molecular weight excluding hydrogens is 350 g/mol. The Morgan fingerprint density at radius 2 is 1.63 bits per heavy atom. The largest absolute Gasteiger partial charge is 0.493 e. The maximum absolute atomic E-state index is 13.2. The number of carbonyl (C=O) groups excluding carboxylic acids is 3. The summed E-state index contributed by atoms with van der Waals surface area (Å²) in [5, 5.41) is 11.4. The first-order chi connectivity index (χ1) is 13.0. The molecule has 0 heterocycles. The summed E-state index contributed by atoms with van der Waals surface area (Å²) in [7, 11) is 0. The Balaban J connectivity index is 2.20. The highest BCUT2D eigenvalue weighted by molar-refractivity contribution is 6.30. The molecule has 7 nitrogen and oxygen atoms in total.